The van der Waals surface area contributed by atoms with E-state index in [1.807, 2.05) is 42.5 Å². The Bertz CT molecular complexity index is 1420. The van der Waals surface area contributed by atoms with Gasteiger partial charge in [0.25, 0.3) is 5.91 Å². The van der Waals surface area contributed by atoms with Crippen LogP contribution in [0.25, 0.3) is 10.8 Å². The van der Waals surface area contributed by atoms with Crippen molar-refractivity contribution >= 4 is 56.2 Å². The molecule has 0 unspecified atom stereocenters. The molecule has 0 aromatic heterocycles. The van der Waals surface area contributed by atoms with Gasteiger partial charge in [0.05, 0.1) is 18.3 Å². The van der Waals surface area contributed by atoms with Crippen molar-refractivity contribution in [3.8, 4) is 5.75 Å². The second-order valence-electron chi connectivity index (χ2n) is 7.42. The number of hydrazone groups is 1. The quantitative estimate of drug-likeness (QED) is 0.0985. The molecular formula is C26H19BrN4O4. The van der Waals surface area contributed by atoms with Crippen LogP contribution in [0, 0.1) is 4.91 Å². The lowest BCUT2D eigenvalue weighted by atomic mass is 10.1. The number of rotatable bonds is 8. The van der Waals surface area contributed by atoms with Crippen molar-refractivity contribution in [2.75, 3.05) is 11.9 Å². The van der Waals surface area contributed by atoms with E-state index in [4.69, 9.17) is 4.74 Å². The second kappa shape index (κ2) is 11.2. The zero-order chi connectivity index (χ0) is 24.6. The van der Waals surface area contributed by atoms with Gasteiger partial charge in [-0.25, -0.2) is 10.2 Å². The number of nitroso groups, excluding NO2 is 1. The molecule has 4 aromatic rings. The van der Waals surface area contributed by atoms with Crippen molar-refractivity contribution < 1.29 is 14.3 Å². The molecule has 0 radical (unpaired) electrons. The Morgan fingerprint density at radius 2 is 1.69 bits per heavy atom. The number of hydrogen-bond acceptors (Lipinski definition) is 7. The van der Waals surface area contributed by atoms with Crippen LogP contribution in [-0.2, 0) is 4.79 Å². The monoisotopic (exact) mass is 530 g/mol. The van der Waals surface area contributed by atoms with E-state index in [9.17, 15) is 14.5 Å². The highest BCUT2D eigenvalue weighted by atomic mass is 79.9. The minimum absolute atomic E-state index is 0.0294. The number of carbonyl (C=O) groups excluding carboxylic acids is 2. The third-order valence-corrected chi connectivity index (χ3v) is 5.47. The van der Waals surface area contributed by atoms with Crippen LogP contribution in [0.2, 0.25) is 0 Å². The average Bonchev–Trinajstić information content (AvgIpc) is 2.88. The van der Waals surface area contributed by atoms with Crippen molar-refractivity contribution in [2.24, 2.45) is 10.3 Å². The van der Waals surface area contributed by atoms with E-state index in [0.717, 1.165) is 20.9 Å². The van der Waals surface area contributed by atoms with Gasteiger partial charge in [0.15, 0.2) is 0 Å². The van der Waals surface area contributed by atoms with Crippen LogP contribution in [0.5, 0.6) is 5.75 Å². The summed E-state index contributed by atoms with van der Waals surface area (Å²) >= 11 is 3.37. The van der Waals surface area contributed by atoms with Crippen molar-refractivity contribution in [1.82, 2.24) is 5.43 Å². The predicted molar refractivity (Wildman–Crippen MR) is 139 cm³/mol. The topological polar surface area (TPSA) is 109 Å². The molecule has 4 aromatic carbocycles. The molecule has 0 atom stereocenters. The molecule has 174 valence electrons. The molecule has 4 rings (SSSR count). The fourth-order valence-corrected chi connectivity index (χ4v) is 3.60. The maximum atomic E-state index is 12.5. The van der Waals surface area contributed by atoms with Crippen LogP contribution in [0.4, 0.5) is 11.4 Å². The number of ether oxygens (including phenoxy) is 1. The molecule has 0 aliphatic heterocycles. The van der Waals surface area contributed by atoms with Crippen molar-refractivity contribution in [1.29, 1.82) is 0 Å². The van der Waals surface area contributed by atoms with Crippen LogP contribution >= 0.6 is 15.9 Å². The van der Waals surface area contributed by atoms with Gasteiger partial charge in [-0.1, -0.05) is 46.3 Å². The maximum Gasteiger partial charge on any atom is 0.343 e. The molecule has 9 heteroatoms. The number of anilines is 1. The van der Waals surface area contributed by atoms with Crippen LogP contribution in [0.15, 0.2) is 99.7 Å². The summed E-state index contributed by atoms with van der Waals surface area (Å²) in [5, 5.41) is 12.1. The van der Waals surface area contributed by atoms with E-state index in [-0.39, 0.29) is 29.5 Å². The molecule has 0 aliphatic rings. The predicted octanol–water partition coefficient (Wildman–Crippen LogP) is 5.78. The summed E-state index contributed by atoms with van der Waals surface area (Å²) in [6.07, 6.45) is 1.39. The van der Waals surface area contributed by atoms with Gasteiger partial charge in [0.1, 0.15) is 11.4 Å². The molecule has 0 bridgehead atoms. The largest absolute Gasteiger partial charge is 0.422 e. The summed E-state index contributed by atoms with van der Waals surface area (Å²) in [6.45, 7) is 0.0294. The summed E-state index contributed by atoms with van der Waals surface area (Å²) < 4.78 is 6.21. The van der Waals surface area contributed by atoms with Gasteiger partial charge in [-0.3, -0.25) is 4.79 Å². The van der Waals surface area contributed by atoms with Crippen molar-refractivity contribution in [2.45, 2.75) is 0 Å². The third kappa shape index (κ3) is 6.36. The number of esters is 1. The SMILES string of the molecule is O=Nc1ccc(C(=O)Oc2ccc(Br)cc2C=NNC(=O)CNc2ccc3ccccc3c2)cc1. The molecule has 0 saturated carbocycles. The van der Waals surface area contributed by atoms with E-state index in [1.165, 1.54) is 30.5 Å². The Hall–Kier alpha value is -4.37. The fraction of sp³-hybridized carbons (Fsp3) is 0.0385. The lowest BCUT2D eigenvalue weighted by Crippen LogP contribution is -2.25. The number of amides is 1. The molecule has 0 spiro atoms. The van der Waals surface area contributed by atoms with Crippen molar-refractivity contribution in [3.05, 3.63) is 105 Å². The van der Waals surface area contributed by atoms with Crippen molar-refractivity contribution in [3.63, 3.8) is 0 Å². The Balaban J connectivity index is 1.36. The maximum absolute atomic E-state index is 12.5. The molecule has 0 heterocycles. The molecule has 0 fully saturated rings. The summed E-state index contributed by atoms with van der Waals surface area (Å²) in [6, 6.07) is 24.6. The number of benzene rings is 4. The molecule has 8 nitrogen and oxygen atoms in total. The molecule has 1 amide bonds. The lowest BCUT2D eigenvalue weighted by molar-refractivity contribution is -0.119. The van der Waals surface area contributed by atoms with Gasteiger partial charge in [0.2, 0.25) is 0 Å². The highest BCUT2D eigenvalue weighted by Gasteiger charge is 2.12. The lowest BCUT2D eigenvalue weighted by Gasteiger charge is -2.09. The van der Waals surface area contributed by atoms with Gasteiger partial charge in [-0.05, 0) is 70.5 Å². The first-order chi connectivity index (χ1) is 17.0. The number of halogens is 1. The number of nitrogens with zero attached hydrogens (tertiary/aromatic N) is 2. The van der Waals surface area contributed by atoms with Crippen LogP contribution in [0.3, 0.4) is 0 Å². The van der Waals surface area contributed by atoms with Gasteiger partial charge in [0, 0.05) is 15.7 Å². The fourth-order valence-electron chi connectivity index (χ4n) is 3.23. The van der Waals surface area contributed by atoms with E-state index < -0.39 is 5.97 Å². The Labute approximate surface area is 209 Å². The van der Waals surface area contributed by atoms with E-state index in [1.54, 1.807) is 18.2 Å². The zero-order valence-corrected chi connectivity index (χ0v) is 19.9. The Morgan fingerprint density at radius 1 is 0.914 bits per heavy atom. The number of hydrogen-bond donors (Lipinski definition) is 2. The van der Waals surface area contributed by atoms with Gasteiger partial charge in [-0.15, -0.1) is 4.91 Å². The van der Waals surface area contributed by atoms with Gasteiger partial charge >= 0.3 is 5.97 Å². The molecule has 0 aliphatic carbocycles. The first kappa shape index (κ1) is 23.8. The number of nitrogens with one attached hydrogen (secondary N) is 2. The molecule has 0 saturated heterocycles. The average molecular weight is 531 g/mol. The molecule has 35 heavy (non-hydrogen) atoms. The van der Waals surface area contributed by atoms with Gasteiger partial charge in [-0.2, -0.15) is 5.10 Å². The van der Waals surface area contributed by atoms with E-state index in [2.05, 4.69) is 37.0 Å². The molecular weight excluding hydrogens is 512 g/mol. The third-order valence-electron chi connectivity index (χ3n) is 4.98. The molecule has 2 N–H and O–H groups in total. The summed E-state index contributed by atoms with van der Waals surface area (Å²) in [5.41, 5.74) is 4.22. The highest BCUT2D eigenvalue weighted by Crippen LogP contribution is 2.23. The summed E-state index contributed by atoms with van der Waals surface area (Å²) in [7, 11) is 0. The second-order valence-corrected chi connectivity index (χ2v) is 8.33. The Kier molecular flexibility index (Phi) is 7.59. The standard InChI is InChI=1S/C26H19BrN4O4/c27-21-8-12-24(35-26(33)18-6-9-22(31-34)10-7-18)20(13-21)15-29-30-25(32)16-28-23-11-5-17-3-1-2-4-19(17)14-23/h1-15,28H,16H2,(H,30,32). The zero-order valence-electron chi connectivity index (χ0n) is 18.3. The van der Waals surface area contributed by atoms with Crippen LogP contribution in [-0.4, -0.2) is 24.6 Å². The minimum atomic E-state index is -0.608. The normalized spacial score (nSPS) is 10.8. The first-order valence-electron chi connectivity index (χ1n) is 10.5. The van der Waals surface area contributed by atoms with E-state index >= 15 is 0 Å². The first-order valence-corrected chi connectivity index (χ1v) is 11.3. The highest BCUT2D eigenvalue weighted by molar-refractivity contribution is 9.10. The van der Waals surface area contributed by atoms with Crippen LogP contribution < -0.4 is 15.5 Å². The summed E-state index contributed by atoms with van der Waals surface area (Å²) in [4.78, 5) is 35.2. The number of carbonyl (C=O) groups is 2. The Morgan fingerprint density at radius 3 is 2.46 bits per heavy atom. The summed E-state index contributed by atoms with van der Waals surface area (Å²) in [5.74, 6) is -0.696. The minimum Gasteiger partial charge on any atom is -0.422 e. The van der Waals surface area contributed by atoms with E-state index in [0.29, 0.717) is 5.56 Å². The van der Waals surface area contributed by atoms with Gasteiger partial charge < -0.3 is 10.1 Å². The number of fused-ring (bicyclic) bond motifs is 1. The smallest absolute Gasteiger partial charge is 0.343 e. The van der Waals surface area contributed by atoms with Crippen LogP contribution in [0.1, 0.15) is 15.9 Å².